The van der Waals surface area contributed by atoms with E-state index in [4.69, 9.17) is 9.47 Å². The summed E-state index contributed by atoms with van der Waals surface area (Å²) in [5, 5.41) is 3.35. The Kier molecular flexibility index (Phi) is 9.09. The Morgan fingerprint density at radius 3 is 2.72 bits per heavy atom. The summed E-state index contributed by atoms with van der Waals surface area (Å²) in [7, 11) is 0. The Balaban J connectivity index is 0.00000312. The van der Waals surface area contributed by atoms with Crippen LogP contribution in [0.2, 0.25) is 0 Å². The predicted octanol–water partition coefficient (Wildman–Crippen LogP) is 4.55. The first-order valence-corrected chi connectivity index (χ1v) is 9.38. The molecule has 1 N–H and O–H groups in total. The minimum Gasteiger partial charge on any atom is -0.586 e. The second kappa shape index (κ2) is 10.5. The summed E-state index contributed by atoms with van der Waals surface area (Å²) in [6.07, 6.45) is 0.195. The minimum atomic E-state index is -1.49. The molecule has 135 valence electrons. The van der Waals surface area contributed by atoms with Gasteiger partial charge < -0.3 is 13.0 Å². The molecule has 0 fully saturated rings. The zero-order valence-corrected chi connectivity index (χ0v) is 18.6. The molecule has 0 bridgehead atoms. The summed E-state index contributed by atoms with van der Waals surface area (Å²) in [5.41, 5.74) is 0.156. The average molecular weight is 652 g/mol. The van der Waals surface area contributed by atoms with E-state index in [1.807, 2.05) is 0 Å². The number of amides is 1. The Bertz CT molecular complexity index is 756. The monoisotopic (exact) mass is 654 g/mol. The van der Waals surface area contributed by atoms with Crippen LogP contribution in [0, 0.1) is 0 Å². The molecule has 1 heterocycles. The van der Waals surface area contributed by atoms with Crippen molar-refractivity contribution >= 4 is 55.0 Å². The number of carbonyl (C=O) groups excluding carboxylic acids is 2. The van der Waals surface area contributed by atoms with Gasteiger partial charge >= 0.3 is 25.9 Å². The van der Waals surface area contributed by atoms with Crippen LogP contribution in [0.5, 0.6) is 5.75 Å². The molecule has 0 unspecified atom stereocenters. The molecule has 0 aliphatic heterocycles. The van der Waals surface area contributed by atoms with E-state index in [1.54, 1.807) is 26.0 Å². The first kappa shape index (κ1) is 21.6. The molecule has 0 aliphatic carbocycles. The molecule has 0 saturated carbocycles. The van der Waals surface area contributed by atoms with Gasteiger partial charge in [-0.3, -0.25) is 13.2 Å². The number of nitrogens with zero attached hydrogens (tertiary/aromatic N) is 2. The van der Waals surface area contributed by atoms with Crippen molar-refractivity contribution in [3.8, 4) is 5.75 Å². The quantitative estimate of drug-likeness (QED) is 0.279. The normalized spacial score (nSPS) is 9.88. The third-order valence-electron chi connectivity index (χ3n) is 2.49. The molecule has 1 radical (unpaired) electrons. The summed E-state index contributed by atoms with van der Waals surface area (Å²) in [5.74, 6) is -0.423. The van der Waals surface area contributed by atoms with Gasteiger partial charge in [0.15, 0.2) is 5.13 Å². The molecule has 0 saturated heterocycles. The number of aromatic nitrogens is 1. The van der Waals surface area contributed by atoms with Gasteiger partial charge in [0.2, 0.25) is 0 Å². The fourth-order valence-electron chi connectivity index (χ4n) is 1.61. The first-order chi connectivity index (χ1) is 11.5. The molecule has 11 heteroatoms. The van der Waals surface area contributed by atoms with Gasteiger partial charge in [-0.1, -0.05) is 17.1 Å². The van der Waals surface area contributed by atoms with E-state index >= 15 is 0 Å². The van der Waals surface area contributed by atoms with E-state index in [9.17, 15) is 12.7 Å². The smallest absolute Gasteiger partial charge is 0.586 e. The number of hydrogen-bond acceptors (Lipinski definition) is 7. The van der Waals surface area contributed by atoms with Crippen LogP contribution in [0.3, 0.4) is 0 Å². The third kappa shape index (κ3) is 6.76. The van der Waals surface area contributed by atoms with Crippen molar-refractivity contribution in [3.63, 3.8) is 0 Å². The van der Waals surface area contributed by atoms with E-state index in [1.165, 1.54) is 18.3 Å². The minimum absolute atomic E-state index is 0. The number of benzene rings is 1. The molecule has 8 nitrogen and oxygen atoms in total. The number of carbonyl (C=O) groups is 2. The van der Waals surface area contributed by atoms with Gasteiger partial charge in [-0.15, -0.1) is 11.3 Å². The van der Waals surface area contributed by atoms with Crippen molar-refractivity contribution in [1.29, 1.82) is 0 Å². The Labute approximate surface area is 171 Å². The maximum atomic E-state index is 12.3. The number of nitrogens with one attached hydrogen (secondary N) is 1. The number of thiazole rings is 1. The zero-order chi connectivity index (χ0) is 17.5. The van der Waals surface area contributed by atoms with Crippen molar-refractivity contribution in [2.24, 2.45) is 0 Å². The van der Waals surface area contributed by atoms with Gasteiger partial charge in [-0.2, -0.15) is 0 Å². The second-order valence-corrected chi connectivity index (χ2v) is 6.51. The molecule has 2 rings (SSSR count). The van der Waals surface area contributed by atoms with E-state index in [2.05, 4.69) is 13.8 Å². The molecule has 1 aromatic carbocycles. The van der Waals surface area contributed by atoms with Crippen LogP contribution in [0.15, 0.2) is 30.5 Å². The molecule has 0 spiro atoms. The number of rotatable bonds is 6. The fraction of sp³-hybridized carbons (Fsp3) is 0.214. The van der Waals surface area contributed by atoms with Gasteiger partial charge in [0.1, 0.15) is 5.75 Å². The van der Waals surface area contributed by atoms with Gasteiger partial charge in [0, 0.05) is 6.20 Å². The van der Waals surface area contributed by atoms with Crippen LogP contribution in [0.1, 0.15) is 24.2 Å². The van der Waals surface area contributed by atoms with E-state index in [0.717, 1.165) is 11.3 Å². The molecule has 25 heavy (non-hydrogen) atoms. The van der Waals surface area contributed by atoms with Crippen LogP contribution in [-0.4, -0.2) is 23.2 Å². The topological polar surface area (TPSA) is 109 Å². The largest absolute Gasteiger partial charge is 1.00 e. The van der Waals surface area contributed by atoms with Crippen molar-refractivity contribution in [2.75, 3.05) is 5.32 Å². The third-order valence-corrected chi connectivity index (χ3v) is 4.34. The number of ether oxygens (including phenoxy) is 2. The summed E-state index contributed by atoms with van der Waals surface area (Å²) in [6, 6.07) is 6.27. The SMILES string of the molecule is CC(C)OC(=O)Oc1ccccc1C(=O)Nc1ncc([N-]I=O)s1.[Os+]. The summed E-state index contributed by atoms with van der Waals surface area (Å²) >= 11 is -0.392. The molecule has 0 atom stereocenters. The predicted molar refractivity (Wildman–Crippen MR) is 96.5 cm³/mol. The van der Waals surface area contributed by atoms with Gasteiger partial charge in [-0.05, 0) is 26.0 Å². The Hall–Kier alpha value is -1.44. The summed E-state index contributed by atoms with van der Waals surface area (Å²) in [4.78, 5) is 27.9. The molecule has 1 amide bonds. The van der Waals surface area contributed by atoms with Crippen LogP contribution < -0.4 is 10.1 Å². The Morgan fingerprint density at radius 1 is 1.32 bits per heavy atom. The van der Waals surface area contributed by atoms with Crippen LogP contribution in [0.25, 0.3) is 3.53 Å². The van der Waals surface area contributed by atoms with Crippen LogP contribution in [-0.2, 0) is 27.6 Å². The maximum Gasteiger partial charge on any atom is 1.00 e. The van der Waals surface area contributed by atoms with Gasteiger partial charge in [0.25, 0.3) is 5.91 Å². The van der Waals surface area contributed by atoms with E-state index in [0.29, 0.717) is 10.1 Å². The molecule has 2 aromatic rings. The first-order valence-electron chi connectivity index (χ1n) is 6.71. The summed E-state index contributed by atoms with van der Waals surface area (Å²) in [6.45, 7) is 3.38. The molecular formula is C14H13IN3O5OsS. The Morgan fingerprint density at radius 2 is 2.04 bits per heavy atom. The van der Waals surface area contributed by atoms with Crippen LogP contribution in [0.4, 0.5) is 14.9 Å². The fourth-order valence-corrected chi connectivity index (χ4v) is 3.00. The van der Waals surface area contributed by atoms with Crippen molar-refractivity contribution < 1.29 is 41.9 Å². The summed E-state index contributed by atoms with van der Waals surface area (Å²) < 4.78 is 24.3. The van der Waals surface area contributed by atoms with E-state index in [-0.39, 0.29) is 37.2 Å². The standard InChI is InChI=1S/C14H14IN3O5S.Os/c1-8(2)22-14(20)23-10-6-4-3-5-9(10)12(19)17-13-16-7-11(24-13)18-15-21;/h3-8H,1-2H3,(H2,16,17,18,19,21);/q;+1/p-1. The molecule has 0 aliphatic rings. The van der Waals surface area contributed by atoms with E-state index < -0.39 is 33.5 Å². The second-order valence-electron chi connectivity index (χ2n) is 4.63. The average Bonchev–Trinajstić information content (AvgIpc) is 2.94. The van der Waals surface area contributed by atoms with Gasteiger partial charge in [-0.25, -0.2) is 9.78 Å². The number of para-hydroxylation sites is 1. The number of halogens is 1. The van der Waals surface area contributed by atoms with Crippen molar-refractivity contribution in [2.45, 2.75) is 20.0 Å². The van der Waals surface area contributed by atoms with Crippen molar-refractivity contribution in [3.05, 3.63) is 39.6 Å². The molecular weight excluding hydrogens is 639 g/mol. The van der Waals surface area contributed by atoms with Crippen molar-refractivity contribution in [1.82, 2.24) is 4.98 Å². The van der Waals surface area contributed by atoms with Crippen LogP contribution >= 0.6 is 32.8 Å². The van der Waals surface area contributed by atoms with Gasteiger partial charge in [0.05, 0.1) is 33.1 Å². The number of anilines is 1. The number of hydrogen-bond donors (Lipinski definition) is 1. The maximum absolute atomic E-state index is 12.3. The molecule has 1 aromatic heterocycles. The zero-order valence-electron chi connectivity index (χ0n) is 13.0.